The van der Waals surface area contributed by atoms with Crippen LogP contribution in [0.5, 0.6) is 5.75 Å². The molecule has 134 valence electrons. The molecule has 1 N–H and O–H groups in total. The number of carbonyl (C=O) groups excluding carboxylic acids is 1. The zero-order valence-electron chi connectivity index (χ0n) is 14.0. The maximum atomic E-state index is 13.5. The summed E-state index contributed by atoms with van der Waals surface area (Å²) in [4.78, 5) is 12.2. The summed E-state index contributed by atoms with van der Waals surface area (Å²) in [5.74, 6) is 1.56. The molecule has 2 aromatic rings. The molecule has 1 unspecified atom stereocenters. The molecular formula is C19H21ClFNO2S. The molecule has 6 heteroatoms. The number of rotatable bonds is 9. The van der Waals surface area contributed by atoms with Gasteiger partial charge in [0, 0.05) is 23.1 Å². The summed E-state index contributed by atoms with van der Waals surface area (Å²) in [7, 11) is 0. The van der Waals surface area contributed by atoms with Crippen LogP contribution in [-0.2, 0) is 10.5 Å². The predicted octanol–water partition coefficient (Wildman–Crippen LogP) is 4.69. The molecule has 0 spiro atoms. The first kappa shape index (κ1) is 19.6. The van der Waals surface area contributed by atoms with Crippen molar-refractivity contribution in [3.05, 3.63) is 64.9 Å². The van der Waals surface area contributed by atoms with Gasteiger partial charge in [-0.15, -0.1) is 0 Å². The van der Waals surface area contributed by atoms with Gasteiger partial charge >= 0.3 is 0 Å². The summed E-state index contributed by atoms with van der Waals surface area (Å²) < 4.78 is 19.2. The van der Waals surface area contributed by atoms with E-state index in [1.807, 2.05) is 13.0 Å². The van der Waals surface area contributed by atoms with Crippen molar-refractivity contribution in [1.82, 2.24) is 5.32 Å². The summed E-state index contributed by atoms with van der Waals surface area (Å²) in [6.07, 6.45) is 0.0225. The number of carbonyl (C=O) groups is 1. The lowest BCUT2D eigenvalue weighted by Gasteiger charge is -2.17. The highest BCUT2D eigenvalue weighted by molar-refractivity contribution is 7.98. The zero-order chi connectivity index (χ0) is 18.1. The van der Waals surface area contributed by atoms with E-state index in [-0.39, 0.29) is 11.7 Å². The molecule has 0 aromatic heterocycles. The van der Waals surface area contributed by atoms with Crippen molar-refractivity contribution >= 4 is 29.3 Å². The van der Waals surface area contributed by atoms with E-state index in [0.29, 0.717) is 40.8 Å². The SMILES string of the molecule is CCC(Oc1ccc(Cl)cc1)C(=O)NCCSCc1ccccc1F. The van der Waals surface area contributed by atoms with E-state index in [1.54, 1.807) is 48.2 Å². The fourth-order valence-corrected chi connectivity index (χ4v) is 3.13. The van der Waals surface area contributed by atoms with Crippen molar-refractivity contribution in [2.75, 3.05) is 12.3 Å². The predicted molar refractivity (Wildman–Crippen MR) is 102 cm³/mol. The Labute approximate surface area is 156 Å². The highest BCUT2D eigenvalue weighted by Crippen LogP contribution is 2.18. The first-order chi connectivity index (χ1) is 12.1. The van der Waals surface area contributed by atoms with Gasteiger partial charge in [0.2, 0.25) is 0 Å². The van der Waals surface area contributed by atoms with Crippen LogP contribution in [0.1, 0.15) is 18.9 Å². The molecule has 0 heterocycles. The molecule has 3 nitrogen and oxygen atoms in total. The maximum absolute atomic E-state index is 13.5. The number of ether oxygens (including phenoxy) is 1. The van der Waals surface area contributed by atoms with Crippen molar-refractivity contribution < 1.29 is 13.9 Å². The maximum Gasteiger partial charge on any atom is 0.261 e. The zero-order valence-corrected chi connectivity index (χ0v) is 15.6. The summed E-state index contributed by atoms with van der Waals surface area (Å²) in [6, 6.07) is 13.6. The Kier molecular flexibility index (Phi) is 8.09. The Hall–Kier alpha value is -1.72. The molecule has 0 saturated carbocycles. The van der Waals surface area contributed by atoms with E-state index < -0.39 is 6.10 Å². The van der Waals surface area contributed by atoms with Crippen molar-refractivity contribution in [1.29, 1.82) is 0 Å². The number of hydrogen-bond donors (Lipinski definition) is 1. The molecule has 0 aliphatic rings. The summed E-state index contributed by atoms with van der Waals surface area (Å²) in [5, 5.41) is 3.48. The molecule has 0 aliphatic carbocycles. The minimum absolute atomic E-state index is 0.149. The van der Waals surface area contributed by atoms with Crippen molar-refractivity contribution in [2.45, 2.75) is 25.2 Å². The molecule has 1 atom stereocenters. The van der Waals surface area contributed by atoms with E-state index >= 15 is 0 Å². The van der Waals surface area contributed by atoms with E-state index in [4.69, 9.17) is 16.3 Å². The normalized spacial score (nSPS) is 11.8. The molecule has 0 saturated heterocycles. The number of halogens is 2. The number of amides is 1. The average Bonchev–Trinajstić information content (AvgIpc) is 2.62. The third-order valence-corrected chi connectivity index (χ3v) is 4.78. The first-order valence-corrected chi connectivity index (χ1v) is 9.64. The van der Waals surface area contributed by atoms with Gasteiger partial charge in [0.1, 0.15) is 11.6 Å². The minimum Gasteiger partial charge on any atom is -0.481 e. The van der Waals surface area contributed by atoms with Crippen LogP contribution in [0, 0.1) is 5.82 Å². The van der Waals surface area contributed by atoms with Gasteiger partial charge in [-0.3, -0.25) is 4.79 Å². The second kappa shape index (κ2) is 10.3. The largest absolute Gasteiger partial charge is 0.481 e. The van der Waals surface area contributed by atoms with E-state index in [9.17, 15) is 9.18 Å². The lowest BCUT2D eigenvalue weighted by molar-refractivity contribution is -0.127. The first-order valence-electron chi connectivity index (χ1n) is 8.11. The number of benzene rings is 2. The Morgan fingerprint density at radius 1 is 1.24 bits per heavy atom. The van der Waals surface area contributed by atoms with Crippen LogP contribution >= 0.6 is 23.4 Å². The van der Waals surface area contributed by atoms with E-state index in [1.165, 1.54) is 6.07 Å². The second-order valence-corrected chi connectivity index (χ2v) is 6.95. The molecule has 0 fully saturated rings. The highest BCUT2D eigenvalue weighted by atomic mass is 35.5. The lowest BCUT2D eigenvalue weighted by Crippen LogP contribution is -2.39. The highest BCUT2D eigenvalue weighted by Gasteiger charge is 2.17. The van der Waals surface area contributed by atoms with Crippen molar-refractivity contribution in [3.63, 3.8) is 0 Å². The topological polar surface area (TPSA) is 38.3 Å². The molecule has 2 rings (SSSR count). The van der Waals surface area contributed by atoms with Crippen LogP contribution < -0.4 is 10.1 Å². The van der Waals surface area contributed by atoms with Crippen molar-refractivity contribution in [3.8, 4) is 5.75 Å². The van der Waals surface area contributed by atoms with Crippen LogP contribution in [0.3, 0.4) is 0 Å². The van der Waals surface area contributed by atoms with Crippen LogP contribution in [0.15, 0.2) is 48.5 Å². The van der Waals surface area contributed by atoms with Crippen LogP contribution in [0.2, 0.25) is 5.02 Å². The Morgan fingerprint density at radius 2 is 1.96 bits per heavy atom. The molecule has 2 aromatic carbocycles. The number of nitrogens with one attached hydrogen (secondary N) is 1. The Balaban J connectivity index is 1.71. The van der Waals surface area contributed by atoms with Crippen molar-refractivity contribution in [2.24, 2.45) is 0 Å². The lowest BCUT2D eigenvalue weighted by atomic mass is 10.2. The summed E-state index contributed by atoms with van der Waals surface area (Å²) >= 11 is 7.41. The molecule has 0 bridgehead atoms. The molecule has 0 radical (unpaired) electrons. The fraction of sp³-hybridized carbons (Fsp3) is 0.316. The van der Waals surface area contributed by atoms with Gasteiger partial charge in [0.15, 0.2) is 6.10 Å². The quantitative estimate of drug-likeness (QED) is 0.640. The monoisotopic (exact) mass is 381 g/mol. The number of hydrogen-bond acceptors (Lipinski definition) is 3. The average molecular weight is 382 g/mol. The van der Waals surface area contributed by atoms with Gasteiger partial charge < -0.3 is 10.1 Å². The van der Waals surface area contributed by atoms with Gasteiger partial charge in [0.05, 0.1) is 0 Å². The Morgan fingerprint density at radius 3 is 2.64 bits per heavy atom. The van der Waals surface area contributed by atoms with Gasteiger partial charge in [-0.1, -0.05) is 36.7 Å². The van der Waals surface area contributed by atoms with Gasteiger partial charge in [0.25, 0.3) is 5.91 Å². The van der Waals surface area contributed by atoms with Crippen LogP contribution in [0.25, 0.3) is 0 Å². The third-order valence-electron chi connectivity index (χ3n) is 3.52. The van der Waals surface area contributed by atoms with E-state index in [0.717, 1.165) is 0 Å². The van der Waals surface area contributed by atoms with Crippen LogP contribution in [0.4, 0.5) is 4.39 Å². The molecule has 1 amide bonds. The number of thioether (sulfide) groups is 1. The van der Waals surface area contributed by atoms with Gasteiger partial charge in [-0.25, -0.2) is 4.39 Å². The van der Waals surface area contributed by atoms with Gasteiger partial charge in [-0.2, -0.15) is 11.8 Å². The smallest absolute Gasteiger partial charge is 0.261 e. The van der Waals surface area contributed by atoms with E-state index in [2.05, 4.69) is 5.32 Å². The summed E-state index contributed by atoms with van der Waals surface area (Å²) in [5.41, 5.74) is 0.677. The Bertz CT molecular complexity index is 681. The summed E-state index contributed by atoms with van der Waals surface area (Å²) in [6.45, 7) is 2.41. The minimum atomic E-state index is -0.544. The fourth-order valence-electron chi connectivity index (χ4n) is 2.16. The third kappa shape index (κ3) is 6.59. The molecule has 0 aliphatic heterocycles. The van der Waals surface area contributed by atoms with Crippen LogP contribution in [-0.4, -0.2) is 24.3 Å². The molecular weight excluding hydrogens is 361 g/mol. The second-order valence-electron chi connectivity index (χ2n) is 5.40. The standard InChI is InChI=1S/C19H21ClFNO2S/c1-2-18(24-16-9-7-15(20)8-10-16)19(23)22-11-12-25-13-14-5-3-4-6-17(14)21/h3-10,18H,2,11-13H2,1H3,(H,22,23). The molecule has 25 heavy (non-hydrogen) atoms. The van der Waals surface area contributed by atoms with Gasteiger partial charge in [-0.05, 0) is 42.3 Å².